The van der Waals surface area contributed by atoms with Crippen LogP contribution in [0.4, 0.5) is 0 Å². The van der Waals surface area contributed by atoms with Gasteiger partial charge in [-0.2, -0.15) is 0 Å². The maximum absolute atomic E-state index is 12.3. The Labute approximate surface area is 106 Å². The number of piperidine rings is 1. The molecule has 0 aromatic carbocycles. The second-order valence-electron chi connectivity index (χ2n) is 4.39. The first-order valence-electron chi connectivity index (χ1n) is 6.18. The van der Waals surface area contributed by atoms with Crippen molar-refractivity contribution in [1.29, 1.82) is 0 Å². The third-order valence-electron chi connectivity index (χ3n) is 3.26. The van der Waals surface area contributed by atoms with Gasteiger partial charge in [-0.1, -0.05) is 0 Å². The van der Waals surface area contributed by atoms with Crippen LogP contribution in [0.1, 0.15) is 36.2 Å². The predicted molar refractivity (Wildman–Crippen MR) is 63.4 cm³/mol. The molecule has 0 aliphatic carbocycles. The summed E-state index contributed by atoms with van der Waals surface area (Å²) in [5.74, 6) is 0.315. The summed E-state index contributed by atoms with van der Waals surface area (Å²) in [5.41, 5.74) is 0. The molecule has 0 saturated carbocycles. The largest absolute Gasteiger partial charge is 0.479 e. The number of rotatable bonds is 4. The van der Waals surface area contributed by atoms with Crippen molar-refractivity contribution < 1.29 is 19.2 Å². The molecule has 1 atom stereocenters. The minimum atomic E-state index is -0.177. The number of hydrogen-bond donors (Lipinski definition) is 1. The van der Waals surface area contributed by atoms with Gasteiger partial charge in [0.15, 0.2) is 0 Å². The van der Waals surface area contributed by atoms with E-state index in [9.17, 15) is 4.79 Å². The lowest BCUT2D eigenvalue weighted by atomic mass is 9.99. The summed E-state index contributed by atoms with van der Waals surface area (Å²) in [7, 11) is 1.47. The van der Waals surface area contributed by atoms with E-state index < -0.39 is 0 Å². The summed E-state index contributed by atoms with van der Waals surface area (Å²) >= 11 is 0. The van der Waals surface area contributed by atoms with Crippen molar-refractivity contribution in [3.63, 3.8) is 0 Å². The molecule has 1 saturated heterocycles. The summed E-state index contributed by atoms with van der Waals surface area (Å²) in [5, 5.41) is 12.7. The van der Waals surface area contributed by atoms with E-state index in [1.54, 1.807) is 4.90 Å². The fraction of sp³-hybridized carbons (Fsp3) is 0.667. The lowest BCUT2D eigenvalue weighted by Gasteiger charge is -2.34. The van der Waals surface area contributed by atoms with Crippen LogP contribution in [0.3, 0.4) is 0 Å². The van der Waals surface area contributed by atoms with Gasteiger partial charge in [0, 0.05) is 19.2 Å². The fourth-order valence-corrected chi connectivity index (χ4v) is 2.31. The monoisotopic (exact) mass is 254 g/mol. The van der Waals surface area contributed by atoms with Crippen LogP contribution in [-0.4, -0.2) is 47.4 Å². The molecule has 6 heteroatoms. The summed E-state index contributed by atoms with van der Waals surface area (Å²) in [4.78, 5) is 14.0. The van der Waals surface area contributed by atoms with Crippen molar-refractivity contribution >= 4 is 5.91 Å². The highest BCUT2D eigenvalue weighted by Crippen LogP contribution is 2.23. The number of nitrogens with zero attached hydrogens (tertiary/aromatic N) is 2. The maximum Gasteiger partial charge on any atom is 0.292 e. The molecule has 18 heavy (non-hydrogen) atoms. The Morgan fingerprint density at radius 1 is 1.67 bits per heavy atom. The van der Waals surface area contributed by atoms with Crippen LogP contribution < -0.4 is 4.74 Å². The first-order chi connectivity index (χ1) is 8.76. The molecule has 6 nitrogen and oxygen atoms in total. The second kappa shape index (κ2) is 5.86. The average Bonchev–Trinajstić information content (AvgIpc) is 2.88. The molecule has 100 valence electrons. The highest BCUT2D eigenvalue weighted by molar-refractivity contribution is 5.92. The maximum atomic E-state index is 12.3. The molecule has 1 aliphatic rings. The zero-order valence-corrected chi connectivity index (χ0v) is 10.5. The number of carbonyl (C=O) groups is 1. The Bertz CT molecular complexity index is 403. The lowest BCUT2D eigenvalue weighted by molar-refractivity contribution is 0.0533. The van der Waals surface area contributed by atoms with Gasteiger partial charge in [-0.3, -0.25) is 4.79 Å². The van der Waals surface area contributed by atoms with Crippen molar-refractivity contribution in [2.45, 2.75) is 31.7 Å². The average molecular weight is 254 g/mol. The molecular weight excluding hydrogens is 236 g/mol. The van der Waals surface area contributed by atoms with Gasteiger partial charge >= 0.3 is 0 Å². The Morgan fingerprint density at radius 2 is 2.50 bits per heavy atom. The Balaban J connectivity index is 2.10. The van der Waals surface area contributed by atoms with Gasteiger partial charge in [-0.25, -0.2) is 0 Å². The standard InChI is InChI=1S/C12H18N2O4/c1-17-11-8-10(18-13-11)12(16)14-6-3-2-4-9(14)5-7-15/h8-9,15H,2-7H2,1H3. The van der Waals surface area contributed by atoms with Gasteiger partial charge in [-0.05, 0) is 30.8 Å². The van der Waals surface area contributed by atoms with Crippen molar-refractivity contribution in [2.24, 2.45) is 0 Å². The number of amides is 1. The lowest BCUT2D eigenvalue weighted by Crippen LogP contribution is -2.44. The van der Waals surface area contributed by atoms with Crippen molar-refractivity contribution in [3.8, 4) is 5.88 Å². The van der Waals surface area contributed by atoms with Crippen LogP contribution >= 0.6 is 0 Å². The topological polar surface area (TPSA) is 75.8 Å². The molecule has 1 N–H and O–H groups in total. The van der Waals surface area contributed by atoms with E-state index in [2.05, 4.69) is 5.16 Å². The molecule has 0 bridgehead atoms. The summed E-state index contributed by atoms with van der Waals surface area (Å²) in [6, 6.07) is 1.58. The van der Waals surface area contributed by atoms with Crippen LogP contribution in [0.2, 0.25) is 0 Å². The number of carbonyl (C=O) groups excluding carboxylic acids is 1. The smallest absolute Gasteiger partial charge is 0.292 e. The van der Waals surface area contributed by atoms with Crippen molar-refractivity contribution in [1.82, 2.24) is 10.1 Å². The van der Waals surface area contributed by atoms with Gasteiger partial charge in [-0.15, -0.1) is 0 Å². The van der Waals surface area contributed by atoms with E-state index in [1.165, 1.54) is 13.2 Å². The fourth-order valence-electron chi connectivity index (χ4n) is 2.31. The normalized spacial score (nSPS) is 19.9. The van der Waals surface area contributed by atoms with Crippen LogP contribution in [0.5, 0.6) is 5.88 Å². The summed E-state index contributed by atoms with van der Waals surface area (Å²) in [6.07, 6.45) is 3.61. The third kappa shape index (κ3) is 2.64. The molecule has 2 heterocycles. The van der Waals surface area contributed by atoms with Gasteiger partial charge < -0.3 is 19.3 Å². The van der Waals surface area contributed by atoms with E-state index >= 15 is 0 Å². The van der Waals surface area contributed by atoms with Gasteiger partial charge in [0.25, 0.3) is 11.8 Å². The molecular formula is C12H18N2O4. The molecule has 1 aromatic rings. The second-order valence-corrected chi connectivity index (χ2v) is 4.39. The van der Waals surface area contributed by atoms with Gasteiger partial charge in [0.2, 0.25) is 5.76 Å². The number of ether oxygens (including phenoxy) is 1. The number of aliphatic hydroxyl groups is 1. The molecule has 1 amide bonds. The molecule has 1 aromatic heterocycles. The summed E-state index contributed by atoms with van der Waals surface area (Å²) < 4.78 is 9.86. The minimum Gasteiger partial charge on any atom is -0.479 e. The Kier molecular flexibility index (Phi) is 4.19. The quantitative estimate of drug-likeness (QED) is 0.869. The highest BCUT2D eigenvalue weighted by Gasteiger charge is 2.29. The number of hydrogen-bond acceptors (Lipinski definition) is 5. The number of methoxy groups -OCH3 is 1. The number of aliphatic hydroxyl groups excluding tert-OH is 1. The molecule has 2 rings (SSSR count). The first kappa shape index (κ1) is 12.9. The molecule has 1 unspecified atom stereocenters. The van der Waals surface area contributed by atoms with E-state index in [-0.39, 0.29) is 24.3 Å². The van der Waals surface area contributed by atoms with Crippen molar-refractivity contribution in [3.05, 3.63) is 11.8 Å². The first-order valence-corrected chi connectivity index (χ1v) is 6.18. The zero-order chi connectivity index (χ0) is 13.0. The summed E-state index contributed by atoms with van der Waals surface area (Å²) in [6.45, 7) is 0.792. The molecule has 1 aliphatic heterocycles. The van der Waals surface area contributed by atoms with Crippen LogP contribution in [0.15, 0.2) is 10.6 Å². The van der Waals surface area contributed by atoms with E-state index in [1.807, 2.05) is 0 Å². The van der Waals surface area contributed by atoms with Crippen LogP contribution in [-0.2, 0) is 0 Å². The number of likely N-dealkylation sites (tertiary alicyclic amines) is 1. The zero-order valence-electron chi connectivity index (χ0n) is 10.5. The third-order valence-corrected chi connectivity index (χ3v) is 3.26. The Morgan fingerprint density at radius 3 is 3.17 bits per heavy atom. The minimum absolute atomic E-state index is 0.0901. The number of aromatic nitrogens is 1. The van der Waals surface area contributed by atoms with Crippen molar-refractivity contribution in [2.75, 3.05) is 20.3 Å². The van der Waals surface area contributed by atoms with E-state index in [4.69, 9.17) is 14.4 Å². The van der Waals surface area contributed by atoms with Gasteiger partial charge in [0.1, 0.15) is 0 Å². The molecule has 1 fully saturated rings. The van der Waals surface area contributed by atoms with E-state index in [0.717, 1.165) is 19.3 Å². The molecule has 0 radical (unpaired) electrons. The molecule has 0 spiro atoms. The highest BCUT2D eigenvalue weighted by atomic mass is 16.5. The van der Waals surface area contributed by atoms with Gasteiger partial charge in [0.05, 0.1) is 13.2 Å². The SMILES string of the molecule is COc1cc(C(=O)N2CCCCC2CCO)on1. The van der Waals surface area contributed by atoms with E-state index in [0.29, 0.717) is 18.8 Å². The predicted octanol–water partition coefficient (Wildman–Crippen LogP) is 1.06. The Hall–Kier alpha value is -1.56. The van der Waals surface area contributed by atoms with Crippen LogP contribution in [0.25, 0.3) is 0 Å². The van der Waals surface area contributed by atoms with Crippen LogP contribution in [0, 0.1) is 0 Å².